The van der Waals surface area contributed by atoms with E-state index in [1.807, 2.05) is 6.07 Å². The van der Waals surface area contributed by atoms with Crippen molar-refractivity contribution in [1.29, 1.82) is 0 Å². The summed E-state index contributed by atoms with van der Waals surface area (Å²) in [5.74, 6) is 0. The summed E-state index contributed by atoms with van der Waals surface area (Å²) < 4.78 is 5.32. The third-order valence-corrected chi connectivity index (χ3v) is 3.91. The first kappa shape index (κ1) is 9.19. The number of thiophene rings is 1. The van der Waals surface area contributed by atoms with Crippen LogP contribution in [-0.4, -0.2) is 24.9 Å². The van der Waals surface area contributed by atoms with Crippen LogP contribution in [0.2, 0.25) is 0 Å². The normalized spacial score (nSPS) is 21.6. The van der Waals surface area contributed by atoms with E-state index in [-0.39, 0.29) is 12.0 Å². The molecule has 2 nitrogen and oxygen atoms in total. The molecule has 0 amide bonds. The van der Waals surface area contributed by atoms with Gasteiger partial charge in [0.05, 0.1) is 6.61 Å². The highest BCUT2D eigenvalue weighted by Gasteiger charge is 2.34. The third kappa shape index (κ3) is 1.64. The van der Waals surface area contributed by atoms with Crippen LogP contribution in [0.1, 0.15) is 17.7 Å². The predicted molar refractivity (Wildman–Crippen MR) is 53.1 cm³/mol. The molecule has 1 aliphatic rings. The molecule has 2 rings (SSSR count). The Morgan fingerprint density at radius 1 is 1.46 bits per heavy atom. The average Bonchev–Trinajstić information content (AvgIpc) is 2.72. The van der Waals surface area contributed by atoms with Crippen molar-refractivity contribution in [3.63, 3.8) is 0 Å². The van der Waals surface area contributed by atoms with Crippen molar-refractivity contribution in [2.45, 2.75) is 18.3 Å². The van der Waals surface area contributed by atoms with Crippen LogP contribution in [0.5, 0.6) is 0 Å². The van der Waals surface area contributed by atoms with Crippen molar-refractivity contribution in [2.24, 2.45) is 0 Å². The molecule has 1 aliphatic heterocycles. The van der Waals surface area contributed by atoms with Gasteiger partial charge in [0.15, 0.2) is 0 Å². The minimum atomic E-state index is -0.00752. The summed E-state index contributed by atoms with van der Waals surface area (Å²) in [6.45, 7) is 1.80. The highest BCUT2D eigenvalue weighted by Crippen LogP contribution is 2.36. The van der Waals surface area contributed by atoms with Crippen molar-refractivity contribution < 1.29 is 9.84 Å². The fourth-order valence-electron chi connectivity index (χ4n) is 1.82. The quantitative estimate of drug-likeness (QED) is 0.785. The Balaban J connectivity index is 2.23. The van der Waals surface area contributed by atoms with Gasteiger partial charge < -0.3 is 9.84 Å². The van der Waals surface area contributed by atoms with Gasteiger partial charge >= 0.3 is 0 Å². The van der Waals surface area contributed by atoms with E-state index in [0.29, 0.717) is 0 Å². The first-order valence-electron chi connectivity index (χ1n) is 4.60. The molecule has 1 aromatic rings. The monoisotopic (exact) mass is 198 g/mol. The Morgan fingerprint density at radius 2 is 2.23 bits per heavy atom. The van der Waals surface area contributed by atoms with Gasteiger partial charge in [-0.1, -0.05) is 6.07 Å². The Hall–Kier alpha value is -0.380. The molecule has 1 N–H and O–H groups in total. The second-order valence-corrected chi connectivity index (χ2v) is 4.48. The van der Waals surface area contributed by atoms with Crippen LogP contribution in [0.3, 0.4) is 0 Å². The smallest absolute Gasteiger partial charge is 0.0537 e. The first-order chi connectivity index (χ1) is 6.37. The molecule has 0 saturated carbocycles. The predicted octanol–water partition coefficient (Wildman–Crippen LogP) is 1.79. The summed E-state index contributed by atoms with van der Waals surface area (Å²) in [7, 11) is 0. The number of aliphatic hydroxyl groups is 1. The molecular formula is C10H14O2S. The van der Waals surface area contributed by atoms with E-state index in [2.05, 4.69) is 11.4 Å². The number of hydrogen-bond donors (Lipinski definition) is 1. The van der Waals surface area contributed by atoms with Crippen LogP contribution in [0.15, 0.2) is 17.5 Å². The molecule has 0 spiro atoms. The zero-order valence-corrected chi connectivity index (χ0v) is 8.35. The molecule has 2 heterocycles. The van der Waals surface area contributed by atoms with Crippen molar-refractivity contribution in [3.05, 3.63) is 22.4 Å². The van der Waals surface area contributed by atoms with Crippen molar-refractivity contribution in [2.75, 3.05) is 19.8 Å². The van der Waals surface area contributed by atoms with Crippen LogP contribution >= 0.6 is 11.3 Å². The molecule has 13 heavy (non-hydrogen) atoms. The molecule has 0 aliphatic carbocycles. The Morgan fingerprint density at radius 3 is 2.77 bits per heavy atom. The lowest BCUT2D eigenvalue weighted by atomic mass is 9.80. The van der Waals surface area contributed by atoms with Gasteiger partial charge in [0.25, 0.3) is 0 Å². The summed E-state index contributed by atoms with van der Waals surface area (Å²) in [4.78, 5) is 1.30. The summed E-state index contributed by atoms with van der Waals surface area (Å²) >= 11 is 1.74. The molecule has 0 aromatic carbocycles. The molecule has 0 bridgehead atoms. The Kier molecular flexibility index (Phi) is 2.67. The van der Waals surface area contributed by atoms with E-state index in [9.17, 15) is 5.11 Å². The van der Waals surface area contributed by atoms with Gasteiger partial charge in [-0.15, -0.1) is 11.3 Å². The Bertz CT molecular complexity index is 250. The van der Waals surface area contributed by atoms with Gasteiger partial charge in [0, 0.05) is 23.5 Å². The fraction of sp³-hybridized carbons (Fsp3) is 0.600. The van der Waals surface area contributed by atoms with Gasteiger partial charge in [0.2, 0.25) is 0 Å². The number of rotatable bonds is 2. The standard InChI is InChI=1S/C10H14O2S/c11-8-10(3-5-12-6-4-10)9-2-1-7-13-9/h1-2,7,11H,3-6,8H2. The largest absolute Gasteiger partial charge is 0.395 e. The van der Waals surface area contributed by atoms with Gasteiger partial charge in [-0.3, -0.25) is 0 Å². The van der Waals surface area contributed by atoms with Crippen LogP contribution in [0.25, 0.3) is 0 Å². The zero-order valence-electron chi connectivity index (χ0n) is 7.53. The van der Waals surface area contributed by atoms with Crippen molar-refractivity contribution in [1.82, 2.24) is 0 Å². The molecule has 0 unspecified atom stereocenters. The zero-order chi connectivity index (χ0) is 9.15. The minimum absolute atomic E-state index is 0.00752. The molecule has 0 atom stereocenters. The minimum Gasteiger partial charge on any atom is -0.395 e. The third-order valence-electron chi connectivity index (χ3n) is 2.80. The molecular weight excluding hydrogens is 184 g/mol. The van der Waals surface area contributed by atoms with E-state index in [1.54, 1.807) is 11.3 Å². The maximum atomic E-state index is 9.46. The molecule has 3 heteroatoms. The van der Waals surface area contributed by atoms with E-state index in [1.165, 1.54) is 4.88 Å². The highest BCUT2D eigenvalue weighted by atomic mass is 32.1. The van der Waals surface area contributed by atoms with Gasteiger partial charge in [-0.2, -0.15) is 0 Å². The average molecular weight is 198 g/mol. The van der Waals surface area contributed by atoms with E-state index >= 15 is 0 Å². The second kappa shape index (κ2) is 3.78. The van der Waals surface area contributed by atoms with E-state index in [4.69, 9.17) is 4.74 Å². The van der Waals surface area contributed by atoms with Crippen LogP contribution in [0.4, 0.5) is 0 Å². The first-order valence-corrected chi connectivity index (χ1v) is 5.48. The Labute approximate surface area is 82.2 Å². The highest BCUT2D eigenvalue weighted by molar-refractivity contribution is 7.10. The second-order valence-electron chi connectivity index (χ2n) is 3.53. The summed E-state index contributed by atoms with van der Waals surface area (Å²) in [6, 6.07) is 4.17. The lowest BCUT2D eigenvalue weighted by Crippen LogP contribution is -2.36. The number of hydrogen-bond acceptors (Lipinski definition) is 3. The molecule has 1 saturated heterocycles. The van der Waals surface area contributed by atoms with E-state index < -0.39 is 0 Å². The molecule has 72 valence electrons. The summed E-state index contributed by atoms with van der Waals surface area (Å²) in [6.07, 6.45) is 1.90. The van der Waals surface area contributed by atoms with E-state index in [0.717, 1.165) is 26.1 Å². The summed E-state index contributed by atoms with van der Waals surface area (Å²) in [5.41, 5.74) is -0.00752. The van der Waals surface area contributed by atoms with Gasteiger partial charge in [-0.25, -0.2) is 0 Å². The van der Waals surface area contributed by atoms with Crippen LogP contribution in [0, 0.1) is 0 Å². The lowest BCUT2D eigenvalue weighted by Gasteiger charge is -2.34. The molecule has 1 aromatic heterocycles. The maximum Gasteiger partial charge on any atom is 0.0537 e. The van der Waals surface area contributed by atoms with Crippen LogP contribution < -0.4 is 0 Å². The molecule has 1 fully saturated rings. The maximum absolute atomic E-state index is 9.46. The summed E-state index contributed by atoms with van der Waals surface area (Å²) in [5, 5.41) is 11.5. The lowest BCUT2D eigenvalue weighted by molar-refractivity contribution is 0.0267. The van der Waals surface area contributed by atoms with Crippen LogP contribution in [-0.2, 0) is 10.2 Å². The molecule has 0 radical (unpaired) electrons. The number of aliphatic hydroxyl groups excluding tert-OH is 1. The van der Waals surface area contributed by atoms with Gasteiger partial charge in [0.1, 0.15) is 0 Å². The van der Waals surface area contributed by atoms with Crippen molar-refractivity contribution in [3.8, 4) is 0 Å². The van der Waals surface area contributed by atoms with Gasteiger partial charge in [-0.05, 0) is 24.3 Å². The van der Waals surface area contributed by atoms with Crippen molar-refractivity contribution >= 4 is 11.3 Å². The number of ether oxygens (including phenoxy) is 1. The SMILES string of the molecule is OCC1(c2cccs2)CCOCC1. The topological polar surface area (TPSA) is 29.5 Å². The fourth-order valence-corrected chi connectivity index (χ4v) is 2.80.